The van der Waals surface area contributed by atoms with Crippen LogP contribution in [0, 0.1) is 6.92 Å². The fraction of sp³-hybridized carbons (Fsp3) is 0.250. The molecule has 72 valence electrons. The summed E-state index contributed by atoms with van der Waals surface area (Å²) in [5.41, 5.74) is 1.99. The summed E-state index contributed by atoms with van der Waals surface area (Å²) in [5.74, 6) is 0. The van der Waals surface area contributed by atoms with Gasteiger partial charge in [0.1, 0.15) is 5.69 Å². The second-order valence-electron chi connectivity index (χ2n) is 2.99. The summed E-state index contributed by atoms with van der Waals surface area (Å²) < 4.78 is 1.60. The summed E-state index contributed by atoms with van der Waals surface area (Å²) in [6.07, 6.45) is 3.12. The molecule has 2 aromatic heterocycles. The van der Waals surface area contributed by atoms with Crippen LogP contribution in [0.2, 0.25) is 0 Å². The Morgan fingerprint density at radius 2 is 2.21 bits per heavy atom. The van der Waals surface area contributed by atoms with Crippen LogP contribution in [-0.2, 0) is 7.05 Å². The lowest BCUT2D eigenvalue weighted by atomic mass is 10.2. The van der Waals surface area contributed by atoms with Crippen molar-refractivity contribution in [3.05, 3.63) is 28.4 Å². The summed E-state index contributed by atoms with van der Waals surface area (Å²) in [6, 6.07) is 0. The first-order chi connectivity index (χ1) is 6.68. The molecule has 0 saturated heterocycles. The lowest BCUT2D eigenvalue weighted by Gasteiger charge is -2.02. The van der Waals surface area contributed by atoms with Crippen LogP contribution in [0.5, 0.6) is 0 Å². The minimum absolute atomic E-state index is 0.369. The zero-order valence-corrected chi connectivity index (χ0v) is 7.85. The molecule has 6 nitrogen and oxygen atoms in total. The quantitative estimate of drug-likeness (QED) is 0.681. The van der Waals surface area contributed by atoms with Crippen molar-refractivity contribution in [3.63, 3.8) is 0 Å². The molecule has 0 aromatic carbocycles. The van der Waals surface area contributed by atoms with Crippen LogP contribution in [0.25, 0.3) is 11.4 Å². The lowest BCUT2D eigenvalue weighted by molar-refractivity contribution is 0.718. The molecule has 0 aliphatic heterocycles. The molecule has 0 aliphatic rings. The van der Waals surface area contributed by atoms with Crippen molar-refractivity contribution >= 4 is 0 Å². The number of H-pyrrole nitrogens is 1. The van der Waals surface area contributed by atoms with E-state index in [0.29, 0.717) is 5.69 Å². The number of nitrogens with one attached hydrogen (secondary N) is 1. The largest absolute Gasteiger partial charge is 0.345 e. The molecule has 1 N–H and O–H groups in total. The average Bonchev–Trinajstić information content (AvgIpc) is 2.56. The molecule has 2 rings (SSSR count). The molecule has 2 aromatic rings. The number of aromatic nitrogens is 5. The smallest absolute Gasteiger partial charge is 0.304 e. The zero-order valence-electron chi connectivity index (χ0n) is 7.85. The highest BCUT2D eigenvalue weighted by atomic mass is 16.1. The van der Waals surface area contributed by atoms with Crippen molar-refractivity contribution in [1.82, 2.24) is 25.0 Å². The van der Waals surface area contributed by atoms with Crippen LogP contribution >= 0.6 is 0 Å². The topological polar surface area (TPSA) is 76.5 Å². The first-order valence-corrected chi connectivity index (χ1v) is 4.09. The van der Waals surface area contributed by atoms with Crippen molar-refractivity contribution in [2.45, 2.75) is 6.92 Å². The fourth-order valence-electron chi connectivity index (χ4n) is 1.24. The molecule has 0 saturated carbocycles. The van der Waals surface area contributed by atoms with Gasteiger partial charge in [-0.3, -0.25) is 0 Å². The predicted octanol–water partition coefficient (Wildman–Crippen LogP) is -0.126. The number of nitrogens with zero attached hydrogens (tertiary/aromatic N) is 4. The van der Waals surface area contributed by atoms with Gasteiger partial charge in [0.05, 0.1) is 11.9 Å². The molecular weight excluding hydrogens is 182 g/mol. The minimum atomic E-state index is -0.369. The number of aryl methyl sites for hydroxylation is 2. The Hall–Kier alpha value is -1.98. The van der Waals surface area contributed by atoms with Crippen molar-refractivity contribution < 1.29 is 0 Å². The second kappa shape index (κ2) is 3.06. The van der Waals surface area contributed by atoms with Crippen molar-refractivity contribution in [2.75, 3.05) is 0 Å². The molecule has 6 heteroatoms. The lowest BCUT2D eigenvalue weighted by Crippen LogP contribution is -2.12. The molecule has 0 spiro atoms. The molecule has 0 amide bonds. The molecule has 0 aliphatic carbocycles. The Bertz CT molecular complexity index is 512. The van der Waals surface area contributed by atoms with Crippen molar-refractivity contribution in [1.29, 1.82) is 0 Å². The molecule has 0 unspecified atom stereocenters. The van der Waals surface area contributed by atoms with E-state index >= 15 is 0 Å². The Balaban J connectivity index is 2.68. The third-order valence-corrected chi connectivity index (χ3v) is 1.97. The van der Waals surface area contributed by atoms with Crippen LogP contribution in [-0.4, -0.2) is 25.0 Å². The maximum Gasteiger partial charge on any atom is 0.345 e. The van der Waals surface area contributed by atoms with E-state index in [4.69, 9.17) is 0 Å². The van der Waals surface area contributed by atoms with Crippen molar-refractivity contribution in [3.8, 4) is 11.4 Å². The van der Waals surface area contributed by atoms with E-state index in [-0.39, 0.29) is 5.69 Å². The standard InChI is InChI=1S/C8H9N5O/c1-5-3-9-8(14)11-7(5)6-4-10-12-13(6)2/h3-4H,1-2H3,(H,9,11,14). The Morgan fingerprint density at radius 3 is 2.86 bits per heavy atom. The third-order valence-electron chi connectivity index (χ3n) is 1.97. The monoisotopic (exact) mass is 191 g/mol. The Morgan fingerprint density at radius 1 is 1.43 bits per heavy atom. The highest BCUT2D eigenvalue weighted by Gasteiger charge is 2.07. The highest BCUT2D eigenvalue weighted by Crippen LogP contribution is 2.15. The summed E-state index contributed by atoms with van der Waals surface area (Å²) in [7, 11) is 1.76. The zero-order chi connectivity index (χ0) is 10.1. The number of hydrogen-bond donors (Lipinski definition) is 1. The van der Waals surface area contributed by atoms with E-state index < -0.39 is 0 Å². The fourth-order valence-corrected chi connectivity index (χ4v) is 1.24. The third kappa shape index (κ3) is 1.30. The van der Waals surface area contributed by atoms with Gasteiger partial charge in [0.25, 0.3) is 0 Å². The van der Waals surface area contributed by atoms with Crippen LogP contribution < -0.4 is 5.69 Å². The molecular formula is C8H9N5O. The molecule has 14 heavy (non-hydrogen) atoms. The first kappa shape index (κ1) is 8.61. The Kier molecular flexibility index (Phi) is 1.88. The van der Waals surface area contributed by atoms with Crippen LogP contribution in [0.15, 0.2) is 17.2 Å². The van der Waals surface area contributed by atoms with Gasteiger partial charge in [-0.2, -0.15) is 0 Å². The van der Waals surface area contributed by atoms with Gasteiger partial charge in [-0.15, -0.1) is 5.10 Å². The first-order valence-electron chi connectivity index (χ1n) is 4.09. The van der Waals surface area contributed by atoms with Gasteiger partial charge in [-0.1, -0.05) is 5.21 Å². The maximum atomic E-state index is 11.0. The van der Waals surface area contributed by atoms with Crippen LogP contribution in [0.3, 0.4) is 0 Å². The van der Waals surface area contributed by atoms with Gasteiger partial charge in [0.2, 0.25) is 0 Å². The minimum Gasteiger partial charge on any atom is -0.304 e. The molecule has 0 fully saturated rings. The van der Waals surface area contributed by atoms with Gasteiger partial charge in [0, 0.05) is 13.2 Å². The van der Waals surface area contributed by atoms with E-state index in [0.717, 1.165) is 11.3 Å². The predicted molar refractivity (Wildman–Crippen MR) is 49.6 cm³/mol. The summed E-state index contributed by atoms with van der Waals surface area (Å²) in [5, 5.41) is 7.53. The van der Waals surface area contributed by atoms with Gasteiger partial charge in [-0.25, -0.2) is 14.5 Å². The molecule has 0 bridgehead atoms. The number of hydrogen-bond acceptors (Lipinski definition) is 4. The maximum absolute atomic E-state index is 11.0. The van der Waals surface area contributed by atoms with Gasteiger partial charge in [-0.05, 0) is 12.5 Å². The van der Waals surface area contributed by atoms with Gasteiger partial charge >= 0.3 is 5.69 Å². The van der Waals surface area contributed by atoms with Crippen LogP contribution in [0.4, 0.5) is 0 Å². The summed E-state index contributed by atoms with van der Waals surface area (Å²) >= 11 is 0. The van der Waals surface area contributed by atoms with E-state index in [1.54, 1.807) is 17.9 Å². The normalized spacial score (nSPS) is 10.4. The van der Waals surface area contributed by atoms with Crippen LogP contribution in [0.1, 0.15) is 5.56 Å². The van der Waals surface area contributed by atoms with Gasteiger partial charge in [0.15, 0.2) is 0 Å². The molecule has 0 radical (unpaired) electrons. The average molecular weight is 191 g/mol. The SMILES string of the molecule is Cc1cnc(=O)[nH]c1-c1cnnn1C. The second-order valence-corrected chi connectivity index (χ2v) is 2.99. The Labute approximate surface area is 79.6 Å². The van der Waals surface area contributed by atoms with E-state index in [1.807, 2.05) is 6.92 Å². The van der Waals surface area contributed by atoms with Crippen molar-refractivity contribution in [2.24, 2.45) is 7.05 Å². The summed E-state index contributed by atoms with van der Waals surface area (Å²) in [4.78, 5) is 17.3. The molecule has 2 heterocycles. The van der Waals surface area contributed by atoms with E-state index in [1.165, 1.54) is 6.20 Å². The van der Waals surface area contributed by atoms with E-state index in [9.17, 15) is 4.79 Å². The summed E-state index contributed by atoms with van der Waals surface area (Å²) in [6.45, 7) is 1.87. The van der Waals surface area contributed by atoms with Gasteiger partial charge < -0.3 is 4.98 Å². The highest BCUT2D eigenvalue weighted by molar-refractivity contribution is 5.56. The number of rotatable bonds is 1. The van der Waals surface area contributed by atoms with E-state index in [2.05, 4.69) is 20.3 Å². The molecule has 0 atom stereocenters. The number of aromatic amines is 1.